The average Bonchev–Trinajstić information content (AvgIpc) is 3.27. The van der Waals surface area contributed by atoms with E-state index in [1.54, 1.807) is 0 Å². The summed E-state index contributed by atoms with van der Waals surface area (Å²) in [7, 11) is 1.17. The van der Waals surface area contributed by atoms with Crippen LogP contribution in [0.25, 0.3) is 0 Å². The minimum absolute atomic E-state index is 0.0247. The number of nitrogens with two attached hydrogens (primary N) is 1. The normalized spacial score (nSPS) is 15.0. The van der Waals surface area contributed by atoms with Crippen molar-refractivity contribution in [2.45, 2.75) is 19.5 Å². The smallest absolute Gasteiger partial charge is 0.387 e. The zero-order valence-electron chi connectivity index (χ0n) is 11.9. The summed E-state index contributed by atoms with van der Waals surface area (Å²) in [5.41, 5.74) is 5.54. The molecule has 3 N–H and O–H groups in total. The van der Waals surface area contributed by atoms with E-state index < -0.39 is 18.0 Å². The first-order valence-corrected chi connectivity index (χ1v) is 6.52. The summed E-state index contributed by atoms with van der Waals surface area (Å²) in [4.78, 5) is 11.6. The summed E-state index contributed by atoms with van der Waals surface area (Å²) in [6, 6.07) is 4.67. The molecule has 1 aliphatic rings. The van der Waals surface area contributed by atoms with E-state index in [-0.39, 0.29) is 22.7 Å². The van der Waals surface area contributed by atoms with Crippen molar-refractivity contribution in [2.75, 3.05) is 24.7 Å². The van der Waals surface area contributed by atoms with Gasteiger partial charge in [0, 0.05) is 6.54 Å². The molecule has 1 fully saturated rings. The lowest BCUT2D eigenvalue weighted by atomic mass is 10.1. The number of ether oxygens (including phenoxy) is 2. The molecule has 22 heavy (non-hydrogen) atoms. The van der Waals surface area contributed by atoms with E-state index in [9.17, 15) is 13.6 Å². The average molecular weight is 311 g/mol. The molecular weight excluding hydrogens is 296 g/mol. The summed E-state index contributed by atoms with van der Waals surface area (Å²) in [6.07, 6.45) is 1.51. The Kier molecular flexibility index (Phi) is 4.35. The van der Waals surface area contributed by atoms with Gasteiger partial charge in [-0.3, -0.25) is 0 Å². The van der Waals surface area contributed by atoms with Crippen LogP contribution in [-0.2, 0) is 4.74 Å². The Hall–Kier alpha value is -2.56. The van der Waals surface area contributed by atoms with Gasteiger partial charge in [0.05, 0.1) is 35.5 Å². The third-order valence-electron chi connectivity index (χ3n) is 3.49. The van der Waals surface area contributed by atoms with Crippen molar-refractivity contribution in [1.29, 1.82) is 5.26 Å². The van der Waals surface area contributed by atoms with Crippen molar-refractivity contribution in [3.63, 3.8) is 0 Å². The van der Waals surface area contributed by atoms with Crippen molar-refractivity contribution >= 4 is 17.3 Å². The number of nitrogen functional groups attached to an aromatic ring is 1. The predicted molar refractivity (Wildman–Crippen MR) is 74.6 cm³/mol. The largest absolute Gasteiger partial charge is 0.465 e. The van der Waals surface area contributed by atoms with Crippen molar-refractivity contribution in [3.05, 3.63) is 17.7 Å². The third kappa shape index (κ3) is 3.36. The Morgan fingerprint density at radius 2 is 2.23 bits per heavy atom. The van der Waals surface area contributed by atoms with Gasteiger partial charge < -0.3 is 20.5 Å². The predicted octanol–water partition coefficient (Wildman–Crippen LogP) is 2.37. The van der Waals surface area contributed by atoms with Crippen molar-refractivity contribution in [2.24, 2.45) is 5.41 Å². The van der Waals surface area contributed by atoms with Gasteiger partial charge in [-0.05, 0) is 25.0 Å². The number of esters is 1. The number of hydrogen-bond donors (Lipinski definition) is 2. The lowest BCUT2D eigenvalue weighted by Crippen LogP contribution is -2.16. The van der Waals surface area contributed by atoms with Crippen LogP contribution in [0.3, 0.4) is 0 Å². The van der Waals surface area contributed by atoms with E-state index in [0.717, 1.165) is 18.9 Å². The van der Waals surface area contributed by atoms with E-state index in [1.807, 2.05) is 0 Å². The molecule has 118 valence electrons. The number of methoxy groups -OCH3 is 1. The molecule has 0 bridgehead atoms. The van der Waals surface area contributed by atoms with Crippen molar-refractivity contribution < 1.29 is 23.0 Å². The summed E-state index contributed by atoms with van der Waals surface area (Å²) in [5, 5.41) is 12.0. The number of nitriles is 1. The molecule has 1 aliphatic carbocycles. The number of benzene rings is 1. The number of nitrogens with zero attached hydrogens (tertiary/aromatic N) is 1. The van der Waals surface area contributed by atoms with Crippen LogP contribution in [0, 0.1) is 16.7 Å². The number of anilines is 2. The first-order chi connectivity index (χ1) is 10.4. The molecule has 6 nitrogen and oxygen atoms in total. The molecule has 0 atom stereocenters. The second kappa shape index (κ2) is 6.05. The Labute approximate surface area is 125 Å². The van der Waals surface area contributed by atoms with Crippen LogP contribution in [0.1, 0.15) is 23.2 Å². The molecule has 1 aromatic rings. The molecule has 0 radical (unpaired) electrons. The maximum absolute atomic E-state index is 12.4. The number of hydrogen-bond acceptors (Lipinski definition) is 6. The summed E-state index contributed by atoms with van der Waals surface area (Å²) < 4.78 is 33.7. The number of halogens is 2. The highest BCUT2D eigenvalue weighted by Crippen LogP contribution is 2.45. The quantitative estimate of drug-likeness (QED) is 0.618. The lowest BCUT2D eigenvalue weighted by Gasteiger charge is -2.16. The Bertz CT molecular complexity index is 624. The number of nitrogens with one attached hydrogen (secondary N) is 1. The Morgan fingerprint density at radius 3 is 2.73 bits per heavy atom. The summed E-state index contributed by atoms with van der Waals surface area (Å²) in [5.74, 6) is -1.02. The van der Waals surface area contributed by atoms with Gasteiger partial charge in [-0.25, -0.2) is 4.79 Å². The summed E-state index contributed by atoms with van der Waals surface area (Å²) >= 11 is 0. The first-order valence-electron chi connectivity index (χ1n) is 6.52. The Morgan fingerprint density at radius 1 is 1.55 bits per heavy atom. The molecule has 0 spiro atoms. The zero-order valence-corrected chi connectivity index (χ0v) is 11.9. The minimum atomic E-state index is -3.07. The zero-order chi connectivity index (χ0) is 16.3. The van der Waals surface area contributed by atoms with E-state index in [4.69, 9.17) is 11.0 Å². The lowest BCUT2D eigenvalue weighted by molar-refractivity contribution is -0.0493. The van der Waals surface area contributed by atoms with Crippen LogP contribution in [0.4, 0.5) is 20.2 Å². The molecule has 0 heterocycles. The molecular formula is C14H15F2N3O3. The van der Waals surface area contributed by atoms with Gasteiger partial charge in [0.1, 0.15) is 0 Å². The minimum Gasteiger partial charge on any atom is -0.465 e. The fourth-order valence-electron chi connectivity index (χ4n) is 1.95. The maximum Gasteiger partial charge on any atom is 0.387 e. The highest BCUT2D eigenvalue weighted by Gasteiger charge is 2.43. The van der Waals surface area contributed by atoms with Crippen molar-refractivity contribution in [3.8, 4) is 11.8 Å². The van der Waals surface area contributed by atoms with Gasteiger partial charge in [0.15, 0.2) is 5.75 Å². The monoisotopic (exact) mass is 311 g/mol. The molecule has 0 aromatic heterocycles. The molecule has 0 amide bonds. The molecule has 0 aliphatic heterocycles. The van der Waals surface area contributed by atoms with Gasteiger partial charge >= 0.3 is 12.6 Å². The van der Waals surface area contributed by atoms with Crippen LogP contribution >= 0.6 is 0 Å². The number of carbonyl (C=O) groups is 1. The van der Waals surface area contributed by atoms with Crippen LogP contribution in [-0.4, -0.2) is 26.2 Å². The second-order valence-electron chi connectivity index (χ2n) is 5.05. The SMILES string of the molecule is COC(=O)c1cc(NCC2(C#N)CC2)c(N)c(OC(F)F)c1. The molecule has 1 saturated carbocycles. The summed E-state index contributed by atoms with van der Waals surface area (Å²) in [6.45, 7) is -2.76. The van der Waals surface area contributed by atoms with E-state index in [0.29, 0.717) is 6.54 Å². The fraction of sp³-hybridized carbons (Fsp3) is 0.429. The van der Waals surface area contributed by atoms with Crippen molar-refractivity contribution in [1.82, 2.24) is 0 Å². The fourth-order valence-corrected chi connectivity index (χ4v) is 1.95. The van der Waals surface area contributed by atoms with E-state index >= 15 is 0 Å². The molecule has 1 aromatic carbocycles. The van der Waals surface area contributed by atoms with E-state index in [1.165, 1.54) is 13.2 Å². The third-order valence-corrected chi connectivity index (χ3v) is 3.49. The van der Waals surface area contributed by atoms with Gasteiger partial charge in [-0.15, -0.1) is 0 Å². The standard InChI is InChI=1S/C14H15F2N3O3/c1-21-12(20)8-4-9(19-7-14(6-17)2-3-14)11(18)10(5-8)22-13(15)16/h4-5,13,19H,2-3,7,18H2,1H3. The highest BCUT2D eigenvalue weighted by atomic mass is 19.3. The first kappa shape index (κ1) is 15.8. The van der Waals surface area contributed by atoms with Crippen LogP contribution in [0.5, 0.6) is 5.75 Å². The van der Waals surface area contributed by atoms with Gasteiger partial charge in [-0.2, -0.15) is 14.0 Å². The Balaban J connectivity index is 2.29. The second-order valence-corrected chi connectivity index (χ2v) is 5.05. The van der Waals surface area contributed by atoms with Gasteiger partial charge in [0.2, 0.25) is 0 Å². The van der Waals surface area contributed by atoms with Crippen LogP contribution in [0.2, 0.25) is 0 Å². The molecule has 8 heteroatoms. The maximum atomic E-state index is 12.4. The molecule has 0 saturated heterocycles. The van der Waals surface area contributed by atoms with Crippen LogP contribution < -0.4 is 15.8 Å². The van der Waals surface area contributed by atoms with Crippen LogP contribution in [0.15, 0.2) is 12.1 Å². The van der Waals surface area contributed by atoms with E-state index in [2.05, 4.69) is 20.9 Å². The van der Waals surface area contributed by atoms with Gasteiger partial charge in [-0.1, -0.05) is 0 Å². The highest BCUT2D eigenvalue weighted by molar-refractivity contribution is 5.93. The topological polar surface area (TPSA) is 97.4 Å². The van der Waals surface area contributed by atoms with Gasteiger partial charge in [0.25, 0.3) is 0 Å². The number of alkyl halides is 2. The molecule has 2 rings (SSSR count). The molecule has 0 unspecified atom stereocenters. The number of rotatable bonds is 6. The number of carbonyl (C=O) groups excluding carboxylic acids is 1.